The number of ether oxygens (including phenoxy) is 3. The molecule has 0 spiro atoms. The van der Waals surface area contributed by atoms with Crippen molar-refractivity contribution in [3.05, 3.63) is 0 Å². The van der Waals surface area contributed by atoms with Crippen LogP contribution >= 0.6 is 37.9 Å². The van der Waals surface area contributed by atoms with E-state index in [1.54, 1.807) is 0 Å². The Labute approximate surface area is 223 Å². The standard InChI is InChI=1S/3C7H14O2S.Sb/c3*1-7(2,3)9-6(8)4-5-10;/h3*10H,4-5H2,1-3H3;. The van der Waals surface area contributed by atoms with Crippen LogP contribution in [0, 0.1) is 0 Å². The fourth-order valence-corrected chi connectivity index (χ4v) is 2.00. The fraction of sp³-hybridized carbons (Fsp3) is 0.857. The second kappa shape index (κ2) is 19.7. The van der Waals surface area contributed by atoms with Gasteiger partial charge in [0.1, 0.15) is 16.8 Å². The van der Waals surface area contributed by atoms with E-state index in [0.717, 1.165) is 0 Å². The van der Waals surface area contributed by atoms with E-state index in [4.69, 9.17) is 14.2 Å². The average molecular weight is 609 g/mol. The maximum Gasteiger partial charge on any atom is 0.307 e. The number of carbonyl (C=O) groups is 3. The molecule has 0 N–H and O–H groups in total. The Balaban J connectivity index is -0.000000174. The number of hydrogen-bond donors (Lipinski definition) is 3. The molecule has 0 bridgehead atoms. The molecule has 0 aliphatic rings. The van der Waals surface area contributed by atoms with Crippen molar-refractivity contribution in [3.8, 4) is 0 Å². The summed E-state index contributed by atoms with van der Waals surface area (Å²) in [4.78, 5) is 32.4. The predicted octanol–water partition coefficient (Wildman–Crippen LogP) is 4.56. The summed E-state index contributed by atoms with van der Waals surface area (Å²) in [6.07, 6.45) is 1.17. The van der Waals surface area contributed by atoms with Crippen molar-refractivity contribution in [2.45, 2.75) is 98.4 Å². The minimum atomic E-state index is -0.361. The Hall–Kier alpha value is 0.278. The number of esters is 3. The van der Waals surface area contributed by atoms with Gasteiger partial charge >= 0.3 is 17.9 Å². The molecular weight excluding hydrogens is 566 g/mol. The first-order valence-corrected chi connectivity index (χ1v) is 11.7. The second-order valence-electron chi connectivity index (χ2n) is 9.18. The zero-order valence-electron chi connectivity index (χ0n) is 20.5. The quantitative estimate of drug-likeness (QED) is 0.178. The molecule has 0 amide bonds. The van der Waals surface area contributed by atoms with Crippen LogP contribution in [0.4, 0.5) is 0 Å². The summed E-state index contributed by atoms with van der Waals surface area (Å²) >= 11 is 11.7. The van der Waals surface area contributed by atoms with Crippen LogP contribution in [0.3, 0.4) is 0 Å². The van der Waals surface area contributed by atoms with E-state index < -0.39 is 0 Å². The second-order valence-corrected chi connectivity index (χ2v) is 10.5. The van der Waals surface area contributed by atoms with Gasteiger partial charge in [0.05, 0.1) is 19.3 Å². The summed E-state index contributed by atoms with van der Waals surface area (Å²) in [6, 6.07) is 0. The van der Waals surface area contributed by atoms with Gasteiger partial charge in [0.2, 0.25) is 0 Å². The van der Waals surface area contributed by atoms with E-state index in [-0.39, 0.29) is 59.1 Å². The Morgan fingerprint density at radius 2 is 0.677 bits per heavy atom. The predicted molar refractivity (Wildman–Crippen MR) is 139 cm³/mol. The van der Waals surface area contributed by atoms with Gasteiger partial charge in [-0.2, -0.15) is 37.9 Å². The van der Waals surface area contributed by atoms with Crippen molar-refractivity contribution in [3.63, 3.8) is 0 Å². The number of thiol groups is 3. The normalized spacial score (nSPS) is 10.8. The third kappa shape index (κ3) is 41.1. The zero-order chi connectivity index (χ0) is 24.6. The molecule has 0 saturated heterocycles. The Morgan fingerprint density at radius 1 is 0.516 bits per heavy atom. The monoisotopic (exact) mass is 607 g/mol. The summed E-state index contributed by atoms with van der Waals surface area (Å²) < 4.78 is 15.0. The Bertz CT molecular complexity index is 423. The number of rotatable bonds is 6. The summed E-state index contributed by atoms with van der Waals surface area (Å²) in [5.41, 5.74) is -1.08. The molecule has 0 fully saturated rings. The third-order valence-corrected chi connectivity index (χ3v) is 2.88. The number of hydrogen-bond acceptors (Lipinski definition) is 9. The van der Waals surface area contributed by atoms with Crippen LogP contribution in [0.1, 0.15) is 81.6 Å². The summed E-state index contributed by atoms with van der Waals surface area (Å²) in [7, 11) is 0. The topological polar surface area (TPSA) is 78.9 Å². The molecule has 185 valence electrons. The van der Waals surface area contributed by atoms with E-state index >= 15 is 0 Å². The van der Waals surface area contributed by atoms with Gasteiger partial charge in [-0.15, -0.1) is 0 Å². The maximum absolute atomic E-state index is 10.8. The van der Waals surface area contributed by atoms with Gasteiger partial charge in [-0.1, -0.05) is 0 Å². The van der Waals surface area contributed by atoms with Gasteiger partial charge in [0.25, 0.3) is 0 Å². The first-order chi connectivity index (χ1) is 13.4. The third-order valence-electron chi connectivity index (χ3n) is 2.21. The van der Waals surface area contributed by atoms with Crippen molar-refractivity contribution in [1.29, 1.82) is 0 Å². The molecule has 0 unspecified atom stereocenters. The van der Waals surface area contributed by atoms with Crippen molar-refractivity contribution >= 4 is 80.2 Å². The molecule has 10 heteroatoms. The van der Waals surface area contributed by atoms with E-state index in [1.807, 2.05) is 62.3 Å². The van der Waals surface area contributed by atoms with Gasteiger partial charge in [0, 0.05) is 41.7 Å². The van der Waals surface area contributed by atoms with Crippen LogP contribution in [-0.4, -0.2) is 76.4 Å². The summed E-state index contributed by atoms with van der Waals surface area (Å²) in [5, 5.41) is 0. The molecule has 6 nitrogen and oxygen atoms in total. The van der Waals surface area contributed by atoms with Gasteiger partial charge in [-0.25, -0.2) is 0 Å². The van der Waals surface area contributed by atoms with E-state index in [0.29, 0.717) is 36.5 Å². The van der Waals surface area contributed by atoms with Crippen LogP contribution < -0.4 is 0 Å². The van der Waals surface area contributed by atoms with Crippen LogP contribution in [0.2, 0.25) is 0 Å². The molecule has 3 radical (unpaired) electrons. The van der Waals surface area contributed by atoms with Crippen molar-refractivity contribution in [1.82, 2.24) is 0 Å². The first kappa shape index (κ1) is 38.5. The van der Waals surface area contributed by atoms with Gasteiger partial charge in [-0.05, 0) is 62.3 Å². The van der Waals surface area contributed by atoms with Crippen LogP contribution in [0.25, 0.3) is 0 Å². The molecular formula is C21H42O6S3Sb. The molecule has 0 aromatic heterocycles. The van der Waals surface area contributed by atoms with Crippen molar-refractivity contribution in [2.24, 2.45) is 0 Å². The first-order valence-electron chi connectivity index (χ1n) is 9.85. The van der Waals surface area contributed by atoms with Gasteiger partial charge in [0.15, 0.2) is 0 Å². The Morgan fingerprint density at radius 3 is 0.774 bits per heavy atom. The molecule has 0 aromatic carbocycles. The molecule has 0 saturated carbocycles. The summed E-state index contributed by atoms with van der Waals surface area (Å²) in [5.74, 6) is 1.12. The van der Waals surface area contributed by atoms with Crippen molar-refractivity contribution in [2.75, 3.05) is 17.3 Å². The van der Waals surface area contributed by atoms with E-state index in [9.17, 15) is 14.4 Å². The summed E-state index contributed by atoms with van der Waals surface area (Å²) in [6.45, 7) is 16.7. The number of carbonyl (C=O) groups excluding carboxylic acids is 3. The van der Waals surface area contributed by atoms with E-state index in [1.165, 1.54) is 0 Å². The Kier molecular flexibility index (Phi) is 24.5. The van der Waals surface area contributed by atoms with Gasteiger partial charge < -0.3 is 14.2 Å². The molecule has 0 rings (SSSR count). The molecule has 0 atom stereocenters. The minimum absolute atomic E-state index is 0. The van der Waals surface area contributed by atoms with Crippen molar-refractivity contribution < 1.29 is 28.6 Å². The fourth-order valence-electron chi connectivity index (χ4n) is 1.45. The molecule has 0 aromatic rings. The molecule has 0 aliphatic heterocycles. The van der Waals surface area contributed by atoms with E-state index in [2.05, 4.69) is 37.9 Å². The van der Waals surface area contributed by atoms with Crippen LogP contribution in [-0.2, 0) is 28.6 Å². The SMILES string of the molecule is CC(C)(C)OC(=O)CCS.CC(C)(C)OC(=O)CCS.CC(C)(C)OC(=O)CCS.[Sb]. The van der Waals surface area contributed by atoms with Crippen LogP contribution in [0.5, 0.6) is 0 Å². The molecule has 0 heterocycles. The molecule has 0 aliphatic carbocycles. The van der Waals surface area contributed by atoms with Gasteiger partial charge in [-0.3, -0.25) is 14.4 Å². The zero-order valence-corrected chi connectivity index (χ0v) is 25.7. The maximum atomic E-state index is 10.8. The minimum Gasteiger partial charge on any atom is -0.460 e. The largest absolute Gasteiger partial charge is 0.460 e. The average Bonchev–Trinajstić information content (AvgIpc) is 2.43. The molecule has 31 heavy (non-hydrogen) atoms. The van der Waals surface area contributed by atoms with Crippen LogP contribution in [0.15, 0.2) is 0 Å². The smallest absolute Gasteiger partial charge is 0.307 e.